The number of fused-ring (bicyclic) bond motifs is 4. The topological polar surface area (TPSA) is 45.8 Å². The second-order valence-corrected chi connectivity index (χ2v) is 8.41. The van der Waals surface area contributed by atoms with E-state index in [0.29, 0.717) is 27.9 Å². The molecule has 0 aliphatic carbocycles. The van der Waals surface area contributed by atoms with Gasteiger partial charge in [-0.2, -0.15) is 0 Å². The summed E-state index contributed by atoms with van der Waals surface area (Å²) >= 11 is 0. The average molecular weight is 458 g/mol. The predicted octanol–water partition coefficient (Wildman–Crippen LogP) is 3.47. The van der Waals surface area contributed by atoms with Gasteiger partial charge >= 0.3 is 13.0 Å². The summed E-state index contributed by atoms with van der Waals surface area (Å²) < 4.78 is 75.0. The quantitative estimate of drug-likeness (QED) is 0.312. The Hall–Kier alpha value is -2.40. The molecule has 5 rings (SSSR count). The van der Waals surface area contributed by atoms with Crippen LogP contribution in [0.5, 0.6) is 5.75 Å². The summed E-state index contributed by atoms with van der Waals surface area (Å²) in [5, 5.41) is 11.5. The number of rotatable bonds is 6. The number of pyridine rings is 1. The van der Waals surface area contributed by atoms with E-state index in [1.165, 1.54) is 31.4 Å². The van der Waals surface area contributed by atoms with Gasteiger partial charge in [0, 0.05) is 30.3 Å². The monoisotopic (exact) mass is 458 g/mol. The van der Waals surface area contributed by atoms with Crippen molar-refractivity contribution in [2.45, 2.75) is 31.1 Å². The first-order chi connectivity index (χ1) is 15.1. The molecule has 3 aliphatic rings. The molecular weight excluding hydrogens is 434 g/mol. The van der Waals surface area contributed by atoms with Crippen LogP contribution in [0.1, 0.15) is 24.5 Å². The first-order valence-electron chi connectivity index (χ1n) is 10.4. The largest absolute Gasteiger partial charge is 0.658 e. The Labute approximate surface area is 182 Å². The second kappa shape index (κ2) is 8.19. The summed E-state index contributed by atoms with van der Waals surface area (Å²) in [5.41, 5.74) is 0.377. The van der Waals surface area contributed by atoms with Crippen LogP contribution in [0.25, 0.3) is 10.9 Å². The van der Waals surface area contributed by atoms with Crippen LogP contribution in [0.2, 0.25) is 0 Å². The van der Waals surface area contributed by atoms with Gasteiger partial charge in [-0.25, -0.2) is 13.2 Å². The van der Waals surface area contributed by atoms with Gasteiger partial charge in [-0.3, -0.25) is 4.90 Å². The molecule has 3 aliphatic heterocycles. The van der Waals surface area contributed by atoms with Crippen LogP contribution in [0, 0.1) is 11.8 Å². The molecule has 5 nitrogen and oxygen atoms in total. The number of piperidine rings is 3. The van der Waals surface area contributed by atoms with Gasteiger partial charge in [-0.1, -0.05) is 6.08 Å². The minimum absolute atomic E-state index is 0.0342. The zero-order valence-corrected chi connectivity index (χ0v) is 17.4. The lowest BCUT2D eigenvalue weighted by molar-refractivity contribution is -0.847. The summed E-state index contributed by atoms with van der Waals surface area (Å²) in [4.78, 5) is 2.18. The van der Waals surface area contributed by atoms with E-state index < -0.39 is 19.1 Å². The first kappa shape index (κ1) is 22.8. The van der Waals surface area contributed by atoms with E-state index in [0.717, 1.165) is 32.1 Å². The fourth-order valence-corrected chi connectivity index (χ4v) is 4.85. The number of aliphatic hydroxyl groups is 1. The molecule has 1 aromatic carbocycles. The molecule has 2 aromatic rings. The van der Waals surface area contributed by atoms with Crippen molar-refractivity contribution in [1.29, 1.82) is 0 Å². The van der Waals surface area contributed by atoms with E-state index in [1.54, 1.807) is 0 Å². The van der Waals surface area contributed by atoms with Crippen LogP contribution in [-0.2, 0) is 0 Å². The fourth-order valence-electron chi connectivity index (χ4n) is 4.85. The lowest BCUT2D eigenvalue weighted by Gasteiger charge is -2.50. The number of ether oxygens (including phenoxy) is 1. The molecular formula is C21H24BF5N2O3. The van der Waals surface area contributed by atoms with E-state index in [2.05, 4.69) is 16.2 Å². The minimum atomic E-state index is -6.13. The number of hydrogen-bond acceptors (Lipinski definition) is 4. The normalized spacial score (nSPS) is 26.7. The number of methoxy groups -OCH3 is 1. The van der Waals surface area contributed by atoms with Crippen LogP contribution in [-0.4, -0.2) is 49.2 Å². The van der Waals surface area contributed by atoms with Gasteiger partial charge in [0.15, 0.2) is 0 Å². The maximum Gasteiger partial charge on any atom is 0.658 e. The minimum Gasteiger partial charge on any atom is -0.497 e. The molecule has 0 radical (unpaired) electrons. The number of aromatic nitrogens is 1. The molecule has 0 saturated carbocycles. The molecule has 0 amide bonds. The standard InChI is InChI=1S/C21H24BF5N2O3/c1-3-13-12-28-8-6-14(13)10-19(28)20(30)16-7-9-29(32-22(26,27)21(23,24)25)18-5-4-15(31-2)11-17(16)18/h3-5,7,9,11,13-14,19-20,30H,1,6,8,10,12H2,2H3/t13-,14-,19-,20+/m0/s1. The SMILES string of the molecule is C=C[C@H]1CN2CC[C@H]1C[C@H]2[C@H](O)c1cc[n+](O[B-](F)(F)C(F)(F)F)c2ccc(OC)cc12. The van der Waals surface area contributed by atoms with Gasteiger partial charge in [0.05, 0.1) is 18.6 Å². The molecule has 3 saturated heterocycles. The van der Waals surface area contributed by atoms with E-state index in [1.807, 2.05) is 6.08 Å². The Kier molecular flexibility index (Phi) is 5.83. The summed E-state index contributed by atoms with van der Waals surface area (Å²) in [6.45, 7) is -0.643. The maximum absolute atomic E-state index is 13.6. The van der Waals surface area contributed by atoms with Gasteiger partial charge in [0.2, 0.25) is 6.20 Å². The Bertz CT molecular complexity index is 1020. The molecule has 11 heteroatoms. The van der Waals surface area contributed by atoms with Gasteiger partial charge in [0.25, 0.3) is 5.52 Å². The number of aliphatic hydroxyl groups excluding tert-OH is 1. The molecule has 5 atom stereocenters. The third kappa shape index (κ3) is 3.92. The number of nitrogens with zero attached hydrogens (tertiary/aromatic N) is 2. The molecule has 1 N–H and O–H groups in total. The van der Waals surface area contributed by atoms with Gasteiger partial charge in [-0.05, 0) is 48.1 Å². The third-order valence-electron chi connectivity index (χ3n) is 6.61. The zero-order chi connectivity index (χ0) is 23.3. The van der Waals surface area contributed by atoms with Crippen molar-refractivity contribution in [1.82, 2.24) is 4.90 Å². The van der Waals surface area contributed by atoms with Crippen LogP contribution < -0.4 is 14.2 Å². The number of alkyl halides is 3. The highest BCUT2D eigenvalue weighted by molar-refractivity contribution is 6.61. The highest BCUT2D eigenvalue weighted by atomic mass is 19.4. The number of hydrogen-bond donors (Lipinski definition) is 1. The lowest BCUT2D eigenvalue weighted by atomic mass is 9.73. The van der Waals surface area contributed by atoms with Crippen molar-refractivity contribution < 1.29 is 41.1 Å². The van der Waals surface area contributed by atoms with Crippen LogP contribution in [0.4, 0.5) is 21.8 Å². The molecule has 1 aromatic heterocycles. The Morgan fingerprint density at radius 2 is 2.06 bits per heavy atom. The third-order valence-corrected chi connectivity index (χ3v) is 6.61. The van der Waals surface area contributed by atoms with Crippen molar-refractivity contribution in [3.05, 3.63) is 48.7 Å². The van der Waals surface area contributed by atoms with E-state index in [-0.39, 0.29) is 16.9 Å². The van der Waals surface area contributed by atoms with Gasteiger partial charge in [-0.15, -0.1) is 6.58 Å². The van der Waals surface area contributed by atoms with Crippen molar-refractivity contribution in [2.24, 2.45) is 11.8 Å². The fraction of sp³-hybridized carbons (Fsp3) is 0.476. The van der Waals surface area contributed by atoms with E-state index >= 15 is 0 Å². The number of halogens is 5. The molecule has 2 bridgehead atoms. The maximum atomic E-state index is 13.6. The predicted molar refractivity (Wildman–Crippen MR) is 108 cm³/mol. The van der Waals surface area contributed by atoms with Crippen LogP contribution in [0.3, 0.4) is 0 Å². The average Bonchev–Trinajstić information content (AvgIpc) is 2.77. The van der Waals surface area contributed by atoms with E-state index in [4.69, 9.17) is 4.74 Å². The van der Waals surface area contributed by atoms with Gasteiger partial charge in [0.1, 0.15) is 5.75 Å². The Morgan fingerprint density at radius 1 is 1.31 bits per heavy atom. The molecule has 4 heterocycles. The smallest absolute Gasteiger partial charge is 0.497 e. The number of benzene rings is 1. The van der Waals surface area contributed by atoms with Crippen molar-refractivity contribution in [3.63, 3.8) is 0 Å². The second-order valence-electron chi connectivity index (χ2n) is 8.41. The van der Waals surface area contributed by atoms with Crippen LogP contribution in [0.15, 0.2) is 43.1 Å². The van der Waals surface area contributed by atoms with Crippen molar-refractivity contribution in [3.8, 4) is 5.75 Å². The molecule has 1 unspecified atom stereocenters. The molecule has 32 heavy (non-hydrogen) atoms. The molecule has 3 fully saturated rings. The summed E-state index contributed by atoms with van der Waals surface area (Å²) in [6.07, 6.45) is -2.12. The van der Waals surface area contributed by atoms with Crippen LogP contribution >= 0.6 is 0 Å². The molecule has 174 valence electrons. The zero-order valence-electron chi connectivity index (χ0n) is 17.4. The first-order valence-corrected chi connectivity index (χ1v) is 10.4. The van der Waals surface area contributed by atoms with E-state index in [9.17, 15) is 26.9 Å². The Morgan fingerprint density at radius 3 is 2.66 bits per heavy atom. The summed E-state index contributed by atoms with van der Waals surface area (Å²) in [6, 6.07) is 5.38. The highest BCUT2D eigenvalue weighted by Crippen LogP contribution is 2.42. The molecule has 0 spiro atoms. The lowest BCUT2D eigenvalue weighted by Crippen LogP contribution is -2.62. The highest BCUT2D eigenvalue weighted by Gasteiger charge is 2.60. The van der Waals surface area contributed by atoms with Crippen molar-refractivity contribution in [2.75, 3.05) is 20.2 Å². The van der Waals surface area contributed by atoms with Crippen molar-refractivity contribution >= 4 is 17.8 Å². The summed E-state index contributed by atoms with van der Waals surface area (Å²) in [7, 11) is 1.41. The summed E-state index contributed by atoms with van der Waals surface area (Å²) in [5.74, 6) is 1.11. The Balaban J connectivity index is 1.73. The van der Waals surface area contributed by atoms with Gasteiger partial charge < -0.3 is 23.2 Å².